The Hall–Kier alpha value is -1.69. The first-order chi connectivity index (χ1) is 6.45. The fraction of sp³-hybridized carbons (Fsp3) is 0. The van der Waals surface area contributed by atoms with Gasteiger partial charge in [-0.2, -0.15) is 0 Å². The molecule has 0 radical (unpaired) electrons. The van der Waals surface area contributed by atoms with E-state index < -0.39 is 33.0 Å². The Labute approximate surface area is 81.9 Å². The van der Waals surface area contributed by atoms with Gasteiger partial charge in [-0.1, -0.05) is 11.6 Å². The van der Waals surface area contributed by atoms with Crippen LogP contribution in [0.3, 0.4) is 0 Å². The highest BCUT2D eigenvalue weighted by atomic mass is 35.5. The minimum absolute atomic E-state index is 0.465. The molecule has 0 heterocycles. The van der Waals surface area contributed by atoms with Crippen LogP contribution in [0.4, 0.5) is 10.1 Å². The van der Waals surface area contributed by atoms with Crippen molar-refractivity contribution in [2.75, 3.05) is 0 Å². The molecule has 1 aromatic rings. The van der Waals surface area contributed by atoms with Gasteiger partial charge in [0.05, 0.1) is 9.95 Å². The number of carbonyl (C=O) groups is 1. The quantitative estimate of drug-likeness (QED) is 0.610. The number of nitrogens with zero attached hydrogens (tertiary/aromatic N) is 1. The SMILES string of the molecule is O=C(O)c1c([N+](=O)[O-])ccc(Cl)c1F. The standard InChI is InChI=1S/C7H3ClFNO4/c8-3-1-2-4(10(13)14)5(6(3)9)7(11)12/h1-2H,(H,11,12). The number of benzene rings is 1. The summed E-state index contributed by atoms with van der Waals surface area (Å²) in [6.45, 7) is 0. The van der Waals surface area contributed by atoms with Crippen LogP contribution in [0.15, 0.2) is 12.1 Å². The second-order valence-corrected chi connectivity index (χ2v) is 2.72. The van der Waals surface area contributed by atoms with Crippen LogP contribution in [0.25, 0.3) is 0 Å². The highest BCUT2D eigenvalue weighted by Gasteiger charge is 2.26. The molecule has 5 nitrogen and oxygen atoms in total. The van der Waals surface area contributed by atoms with Crippen LogP contribution in [-0.2, 0) is 0 Å². The molecular formula is C7H3ClFNO4. The van der Waals surface area contributed by atoms with E-state index in [-0.39, 0.29) is 0 Å². The van der Waals surface area contributed by atoms with E-state index in [4.69, 9.17) is 16.7 Å². The highest BCUT2D eigenvalue weighted by molar-refractivity contribution is 6.31. The summed E-state index contributed by atoms with van der Waals surface area (Å²) in [6.07, 6.45) is 0. The molecule has 0 unspecified atom stereocenters. The Morgan fingerprint density at radius 2 is 2.14 bits per heavy atom. The predicted octanol–water partition coefficient (Wildman–Crippen LogP) is 2.09. The highest BCUT2D eigenvalue weighted by Crippen LogP contribution is 2.26. The van der Waals surface area contributed by atoms with E-state index in [1.54, 1.807) is 0 Å². The largest absolute Gasteiger partial charge is 0.477 e. The third kappa shape index (κ3) is 1.64. The van der Waals surface area contributed by atoms with Crippen molar-refractivity contribution in [3.05, 3.63) is 38.7 Å². The molecular weight excluding hydrogens is 217 g/mol. The fourth-order valence-corrected chi connectivity index (χ4v) is 1.05. The summed E-state index contributed by atoms with van der Waals surface area (Å²) in [5, 5.41) is 18.4. The van der Waals surface area contributed by atoms with Crippen LogP contribution in [0.5, 0.6) is 0 Å². The number of hydrogen-bond acceptors (Lipinski definition) is 3. The molecule has 0 aliphatic heterocycles. The first kappa shape index (κ1) is 10.4. The molecule has 0 aromatic heterocycles. The van der Waals surface area contributed by atoms with Gasteiger partial charge in [0.15, 0.2) is 11.4 Å². The molecule has 0 spiro atoms. The van der Waals surface area contributed by atoms with E-state index in [9.17, 15) is 19.3 Å². The van der Waals surface area contributed by atoms with Gasteiger partial charge in [-0.15, -0.1) is 0 Å². The van der Waals surface area contributed by atoms with Crippen molar-refractivity contribution in [2.45, 2.75) is 0 Å². The lowest BCUT2D eigenvalue weighted by Gasteiger charge is -2.00. The van der Waals surface area contributed by atoms with Crippen LogP contribution in [0.1, 0.15) is 10.4 Å². The zero-order chi connectivity index (χ0) is 10.9. The van der Waals surface area contributed by atoms with Crippen molar-refractivity contribution in [1.82, 2.24) is 0 Å². The maximum Gasteiger partial charge on any atom is 0.345 e. The number of rotatable bonds is 2. The summed E-state index contributed by atoms with van der Waals surface area (Å²) >= 11 is 5.27. The third-order valence-electron chi connectivity index (χ3n) is 1.48. The smallest absolute Gasteiger partial charge is 0.345 e. The minimum Gasteiger partial charge on any atom is -0.477 e. The fourth-order valence-electron chi connectivity index (χ4n) is 0.896. The van der Waals surface area contributed by atoms with Crippen LogP contribution in [0, 0.1) is 15.9 Å². The normalized spacial score (nSPS) is 9.86. The number of carboxylic acid groups (broad SMARTS) is 1. The van der Waals surface area contributed by atoms with Gasteiger partial charge in [0, 0.05) is 6.07 Å². The zero-order valence-corrected chi connectivity index (χ0v) is 7.29. The molecule has 0 amide bonds. The molecule has 1 aromatic carbocycles. The van der Waals surface area contributed by atoms with E-state index in [1.165, 1.54) is 0 Å². The molecule has 74 valence electrons. The summed E-state index contributed by atoms with van der Waals surface area (Å²) in [7, 11) is 0. The number of carboxylic acids is 1. The Morgan fingerprint density at radius 3 is 2.57 bits per heavy atom. The molecule has 0 saturated heterocycles. The molecule has 1 rings (SSSR count). The lowest BCUT2D eigenvalue weighted by molar-refractivity contribution is -0.385. The molecule has 0 atom stereocenters. The van der Waals surface area contributed by atoms with E-state index in [0.717, 1.165) is 12.1 Å². The van der Waals surface area contributed by atoms with Gasteiger partial charge in [-0.3, -0.25) is 10.1 Å². The summed E-state index contributed by atoms with van der Waals surface area (Å²) < 4.78 is 13.1. The Balaban J connectivity index is 3.53. The number of nitro groups is 1. The van der Waals surface area contributed by atoms with Crippen molar-refractivity contribution in [3.63, 3.8) is 0 Å². The van der Waals surface area contributed by atoms with Gasteiger partial charge in [-0.25, -0.2) is 9.18 Å². The molecule has 14 heavy (non-hydrogen) atoms. The van der Waals surface area contributed by atoms with Crippen LogP contribution < -0.4 is 0 Å². The van der Waals surface area contributed by atoms with Crippen molar-refractivity contribution in [2.24, 2.45) is 0 Å². The van der Waals surface area contributed by atoms with E-state index >= 15 is 0 Å². The number of aromatic carboxylic acids is 1. The summed E-state index contributed by atoms with van der Waals surface area (Å²) in [4.78, 5) is 19.8. The molecule has 0 fully saturated rings. The van der Waals surface area contributed by atoms with Crippen LogP contribution in [-0.4, -0.2) is 16.0 Å². The first-order valence-corrected chi connectivity index (χ1v) is 3.68. The average Bonchev–Trinajstić information content (AvgIpc) is 2.08. The van der Waals surface area contributed by atoms with E-state index in [2.05, 4.69) is 0 Å². The van der Waals surface area contributed by atoms with Gasteiger partial charge in [-0.05, 0) is 6.07 Å². The van der Waals surface area contributed by atoms with Gasteiger partial charge >= 0.3 is 5.97 Å². The van der Waals surface area contributed by atoms with E-state index in [1.807, 2.05) is 0 Å². The molecule has 0 aliphatic carbocycles. The molecule has 1 N–H and O–H groups in total. The average molecular weight is 220 g/mol. The molecule has 0 saturated carbocycles. The number of hydrogen-bond donors (Lipinski definition) is 1. The summed E-state index contributed by atoms with van der Waals surface area (Å²) in [5.74, 6) is -3.02. The zero-order valence-electron chi connectivity index (χ0n) is 6.53. The van der Waals surface area contributed by atoms with Crippen molar-refractivity contribution >= 4 is 23.3 Å². The Bertz CT molecular complexity index is 420. The second kappa shape index (κ2) is 3.59. The maximum absolute atomic E-state index is 13.1. The molecule has 0 aliphatic rings. The van der Waals surface area contributed by atoms with Crippen molar-refractivity contribution in [1.29, 1.82) is 0 Å². The van der Waals surface area contributed by atoms with Gasteiger partial charge < -0.3 is 5.11 Å². The van der Waals surface area contributed by atoms with Gasteiger partial charge in [0.1, 0.15) is 0 Å². The lowest BCUT2D eigenvalue weighted by Crippen LogP contribution is -2.06. The van der Waals surface area contributed by atoms with Gasteiger partial charge in [0.2, 0.25) is 0 Å². The van der Waals surface area contributed by atoms with Crippen LogP contribution >= 0.6 is 11.6 Å². The first-order valence-electron chi connectivity index (χ1n) is 3.31. The van der Waals surface area contributed by atoms with E-state index in [0.29, 0.717) is 0 Å². The number of halogens is 2. The molecule has 0 bridgehead atoms. The second-order valence-electron chi connectivity index (χ2n) is 2.32. The summed E-state index contributed by atoms with van der Waals surface area (Å²) in [6, 6.07) is 1.77. The predicted molar refractivity (Wildman–Crippen MR) is 45.0 cm³/mol. The topological polar surface area (TPSA) is 80.4 Å². The number of nitro benzene ring substituents is 1. The van der Waals surface area contributed by atoms with Crippen LogP contribution in [0.2, 0.25) is 5.02 Å². The summed E-state index contributed by atoms with van der Waals surface area (Å²) in [5.41, 5.74) is -1.85. The van der Waals surface area contributed by atoms with Gasteiger partial charge in [0.25, 0.3) is 5.69 Å². The molecule has 7 heteroatoms. The van der Waals surface area contributed by atoms with Crippen molar-refractivity contribution in [3.8, 4) is 0 Å². The maximum atomic E-state index is 13.1. The third-order valence-corrected chi connectivity index (χ3v) is 1.78. The lowest BCUT2D eigenvalue weighted by atomic mass is 10.1. The Morgan fingerprint density at radius 1 is 1.57 bits per heavy atom. The Kier molecular flexibility index (Phi) is 2.66. The monoisotopic (exact) mass is 219 g/mol. The van der Waals surface area contributed by atoms with Crippen molar-refractivity contribution < 1.29 is 19.2 Å². The minimum atomic E-state index is -1.73.